The summed E-state index contributed by atoms with van der Waals surface area (Å²) < 4.78 is 1.14. The van der Waals surface area contributed by atoms with Crippen molar-refractivity contribution in [3.63, 3.8) is 0 Å². The van der Waals surface area contributed by atoms with Crippen molar-refractivity contribution in [1.82, 2.24) is 5.32 Å². The summed E-state index contributed by atoms with van der Waals surface area (Å²) in [5.41, 5.74) is 0.757. The lowest BCUT2D eigenvalue weighted by molar-refractivity contribution is 0.0935. The van der Waals surface area contributed by atoms with Crippen LogP contribution in [0.4, 0.5) is 0 Å². The Morgan fingerprint density at radius 3 is 2.85 bits per heavy atom. The molecule has 0 radical (unpaired) electrons. The Labute approximate surface area is 123 Å². The molecule has 0 aliphatic heterocycles. The molecule has 0 aliphatic rings. The molecule has 2 N–H and O–H groups in total. The highest BCUT2D eigenvalue weighted by molar-refractivity contribution is 7.17. The van der Waals surface area contributed by atoms with Crippen LogP contribution in [0.1, 0.15) is 37.0 Å². The average Bonchev–Trinajstić information content (AvgIpc) is 2.87. The van der Waals surface area contributed by atoms with E-state index in [1.165, 1.54) is 0 Å². The molecule has 108 valence electrons. The molecule has 0 fully saturated rings. The normalized spacial score (nSPS) is 11.8. The van der Waals surface area contributed by atoms with E-state index in [0.29, 0.717) is 6.54 Å². The van der Waals surface area contributed by atoms with Gasteiger partial charge in [-0.15, -0.1) is 11.3 Å². The predicted molar refractivity (Wildman–Crippen MR) is 84.3 cm³/mol. The van der Waals surface area contributed by atoms with Gasteiger partial charge in [0.1, 0.15) is 0 Å². The lowest BCUT2D eigenvalue weighted by atomic mass is 9.88. The van der Waals surface area contributed by atoms with Crippen LogP contribution in [0.5, 0.6) is 0 Å². The van der Waals surface area contributed by atoms with E-state index in [4.69, 9.17) is 5.11 Å². The summed E-state index contributed by atoms with van der Waals surface area (Å²) in [4.78, 5) is 12.3. The number of thiophene rings is 1. The van der Waals surface area contributed by atoms with Gasteiger partial charge in [0.2, 0.25) is 0 Å². The number of carbonyl (C=O) groups is 1. The van der Waals surface area contributed by atoms with Gasteiger partial charge in [0.25, 0.3) is 5.91 Å². The first-order valence-corrected chi connectivity index (χ1v) is 7.77. The minimum Gasteiger partial charge on any atom is -0.396 e. The van der Waals surface area contributed by atoms with E-state index in [2.05, 4.69) is 19.2 Å². The molecule has 0 atom stereocenters. The second kappa shape index (κ2) is 6.37. The second-order valence-corrected chi connectivity index (χ2v) is 6.73. The van der Waals surface area contributed by atoms with Crippen molar-refractivity contribution in [2.75, 3.05) is 13.2 Å². The molecule has 4 heteroatoms. The number of hydrogen-bond acceptors (Lipinski definition) is 3. The van der Waals surface area contributed by atoms with E-state index in [-0.39, 0.29) is 17.9 Å². The third-order valence-corrected chi connectivity index (χ3v) is 4.43. The fraction of sp³-hybridized carbons (Fsp3) is 0.438. The third-order valence-electron chi connectivity index (χ3n) is 3.46. The quantitative estimate of drug-likeness (QED) is 0.856. The minimum absolute atomic E-state index is 0.00418. The summed E-state index contributed by atoms with van der Waals surface area (Å²) in [6.45, 7) is 5.03. The molecule has 2 aromatic rings. The van der Waals surface area contributed by atoms with E-state index >= 15 is 0 Å². The Morgan fingerprint density at radius 1 is 1.35 bits per heavy atom. The molecule has 0 aliphatic carbocycles. The maximum Gasteiger partial charge on any atom is 0.252 e. The van der Waals surface area contributed by atoms with Gasteiger partial charge >= 0.3 is 0 Å². The van der Waals surface area contributed by atoms with Crippen molar-refractivity contribution in [1.29, 1.82) is 0 Å². The second-order valence-electron chi connectivity index (χ2n) is 5.82. The zero-order valence-electron chi connectivity index (χ0n) is 12.0. The highest BCUT2D eigenvalue weighted by Crippen LogP contribution is 2.26. The zero-order valence-corrected chi connectivity index (χ0v) is 12.8. The van der Waals surface area contributed by atoms with Gasteiger partial charge in [-0.3, -0.25) is 4.79 Å². The van der Waals surface area contributed by atoms with Gasteiger partial charge in [0.05, 0.1) is 5.56 Å². The van der Waals surface area contributed by atoms with Crippen LogP contribution in [0.2, 0.25) is 0 Å². The number of carbonyl (C=O) groups excluding carboxylic acids is 1. The molecule has 1 aromatic heterocycles. The monoisotopic (exact) mass is 291 g/mol. The Hall–Kier alpha value is -1.39. The van der Waals surface area contributed by atoms with Crippen LogP contribution in [0.15, 0.2) is 29.6 Å². The van der Waals surface area contributed by atoms with E-state index in [9.17, 15) is 4.79 Å². The molecule has 0 saturated heterocycles. The van der Waals surface area contributed by atoms with Crippen LogP contribution in [-0.4, -0.2) is 24.2 Å². The number of hydrogen-bond donors (Lipinski definition) is 2. The maximum absolute atomic E-state index is 12.3. The first-order chi connectivity index (χ1) is 9.53. The van der Waals surface area contributed by atoms with Gasteiger partial charge in [0.15, 0.2) is 0 Å². The first kappa shape index (κ1) is 15.0. The van der Waals surface area contributed by atoms with Crippen LogP contribution in [0, 0.1) is 5.41 Å². The molecule has 20 heavy (non-hydrogen) atoms. The number of aliphatic hydroxyl groups excluding tert-OH is 1. The summed E-state index contributed by atoms with van der Waals surface area (Å²) in [7, 11) is 0. The topological polar surface area (TPSA) is 49.3 Å². The number of nitrogens with one attached hydrogen (secondary N) is 1. The Balaban J connectivity index is 2.02. The highest BCUT2D eigenvalue weighted by Gasteiger charge is 2.19. The molecule has 0 unspecified atom stereocenters. The van der Waals surface area contributed by atoms with Gasteiger partial charge in [-0.25, -0.2) is 0 Å². The molecule has 0 spiro atoms. The van der Waals surface area contributed by atoms with Crippen LogP contribution >= 0.6 is 11.3 Å². The smallest absolute Gasteiger partial charge is 0.252 e. The van der Waals surface area contributed by atoms with Crippen molar-refractivity contribution in [2.24, 2.45) is 5.41 Å². The van der Waals surface area contributed by atoms with Gasteiger partial charge < -0.3 is 10.4 Å². The molecule has 1 heterocycles. The Kier molecular flexibility index (Phi) is 4.78. The SMILES string of the molecule is CC(C)(CCCO)CNC(=O)c1csc2ccccc12. The number of amides is 1. The average molecular weight is 291 g/mol. The van der Waals surface area contributed by atoms with E-state index in [1.807, 2.05) is 29.6 Å². The largest absolute Gasteiger partial charge is 0.396 e. The van der Waals surface area contributed by atoms with Crippen molar-refractivity contribution < 1.29 is 9.90 Å². The summed E-state index contributed by atoms with van der Waals surface area (Å²) in [6.07, 6.45) is 1.67. The van der Waals surface area contributed by atoms with Crippen molar-refractivity contribution >= 4 is 27.3 Å². The van der Waals surface area contributed by atoms with Crippen LogP contribution in [-0.2, 0) is 0 Å². The van der Waals surface area contributed by atoms with E-state index in [0.717, 1.165) is 28.5 Å². The summed E-state index contributed by atoms with van der Waals surface area (Å²) >= 11 is 1.60. The highest BCUT2D eigenvalue weighted by atomic mass is 32.1. The molecule has 0 saturated carbocycles. The fourth-order valence-corrected chi connectivity index (χ4v) is 3.16. The minimum atomic E-state index is -0.0143. The number of benzene rings is 1. The molecule has 1 amide bonds. The van der Waals surface area contributed by atoms with Crippen molar-refractivity contribution in [3.05, 3.63) is 35.2 Å². The lowest BCUT2D eigenvalue weighted by Gasteiger charge is -2.24. The summed E-state index contributed by atoms with van der Waals surface area (Å²) in [6, 6.07) is 7.95. The molecule has 0 bridgehead atoms. The van der Waals surface area contributed by atoms with Crippen LogP contribution < -0.4 is 5.32 Å². The zero-order chi connectivity index (χ0) is 14.6. The predicted octanol–water partition coefficient (Wildman–Crippen LogP) is 3.43. The molecule has 1 aromatic carbocycles. The van der Waals surface area contributed by atoms with Gasteiger partial charge in [0, 0.05) is 28.6 Å². The molecular weight excluding hydrogens is 270 g/mol. The Bertz CT molecular complexity index is 589. The van der Waals surface area contributed by atoms with Gasteiger partial charge in [-0.1, -0.05) is 32.0 Å². The van der Waals surface area contributed by atoms with Gasteiger partial charge in [-0.2, -0.15) is 0 Å². The van der Waals surface area contributed by atoms with E-state index in [1.54, 1.807) is 11.3 Å². The third kappa shape index (κ3) is 3.58. The standard InChI is InChI=1S/C16H21NO2S/c1-16(2,8-5-9-18)11-17-15(19)13-10-20-14-7-4-3-6-12(13)14/h3-4,6-7,10,18H,5,8-9,11H2,1-2H3,(H,17,19). The lowest BCUT2D eigenvalue weighted by Crippen LogP contribution is -2.34. The maximum atomic E-state index is 12.3. The van der Waals surface area contributed by atoms with Crippen LogP contribution in [0.25, 0.3) is 10.1 Å². The van der Waals surface area contributed by atoms with Crippen molar-refractivity contribution in [3.8, 4) is 0 Å². The molecular formula is C16H21NO2S. The summed E-state index contributed by atoms with van der Waals surface area (Å²) in [5.74, 6) is -0.0143. The fourth-order valence-electron chi connectivity index (χ4n) is 2.21. The van der Waals surface area contributed by atoms with E-state index < -0.39 is 0 Å². The Morgan fingerprint density at radius 2 is 2.10 bits per heavy atom. The van der Waals surface area contributed by atoms with Gasteiger partial charge in [-0.05, 0) is 24.3 Å². The molecule has 2 rings (SSSR count). The number of aliphatic hydroxyl groups is 1. The number of rotatable bonds is 6. The van der Waals surface area contributed by atoms with Crippen molar-refractivity contribution in [2.45, 2.75) is 26.7 Å². The summed E-state index contributed by atoms with van der Waals surface area (Å²) in [5, 5.41) is 14.8. The number of fused-ring (bicyclic) bond motifs is 1. The van der Waals surface area contributed by atoms with Crippen LogP contribution in [0.3, 0.4) is 0 Å². The first-order valence-electron chi connectivity index (χ1n) is 6.89. The molecule has 3 nitrogen and oxygen atoms in total.